The van der Waals surface area contributed by atoms with Gasteiger partial charge in [-0.1, -0.05) is 0 Å². The molecule has 1 aromatic heterocycles. The molecule has 0 aliphatic rings. The highest BCUT2D eigenvalue weighted by atomic mass is 19.1. The Morgan fingerprint density at radius 1 is 1.29 bits per heavy atom. The van der Waals surface area contributed by atoms with Crippen molar-refractivity contribution < 1.29 is 9.13 Å². The van der Waals surface area contributed by atoms with Crippen LogP contribution in [0, 0.1) is 5.82 Å². The van der Waals surface area contributed by atoms with E-state index in [0.717, 1.165) is 0 Å². The molecule has 0 saturated carbocycles. The SMILES string of the molecule is COc1ccc(-c2cc(NN)ccn2)c(F)c1. The molecule has 1 heterocycles. The number of nitrogens with zero attached hydrogens (tertiary/aromatic N) is 1. The summed E-state index contributed by atoms with van der Waals surface area (Å²) >= 11 is 0. The van der Waals surface area contributed by atoms with Crippen molar-refractivity contribution in [2.24, 2.45) is 5.84 Å². The number of aromatic nitrogens is 1. The zero-order chi connectivity index (χ0) is 12.3. The standard InChI is InChI=1S/C12H12FN3O/c1-17-9-2-3-10(11(13)7-9)12-6-8(16-14)4-5-15-12/h2-7H,14H2,1H3,(H,15,16). The third kappa shape index (κ3) is 2.34. The smallest absolute Gasteiger partial charge is 0.136 e. The number of hydrazine groups is 1. The number of anilines is 1. The van der Waals surface area contributed by atoms with E-state index in [9.17, 15) is 4.39 Å². The molecule has 2 rings (SSSR count). The van der Waals surface area contributed by atoms with Gasteiger partial charge in [0.2, 0.25) is 0 Å². The number of hydrogen-bond acceptors (Lipinski definition) is 4. The molecule has 0 fully saturated rings. The Labute approximate surface area is 98.2 Å². The Balaban J connectivity index is 2.45. The van der Waals surface area contributed by atoms with E-state index in [0.29, 0.717) is 22.7 Å². The van der Waals surface area contributed by atoms with Gasteiger partial charge in [0.1, 0.15) is 11.6 Å². The summed E-state index contributed by atoms with van der Waals surface area (Å²) in [7, 11) is 1.49. The van der Waals surface area contributed by atoms with Gasteiger partial charge in [0, 0.05) is 17.8 Å². The second-order valence-electron chi connectivity index (χ2n) is 3.42. The van der Waals surface area contributed by atoms with Crippen LogP contribution in [0.5, 0.6) is 5.75 Å². The van der Waals surface area contributed by atoms with Crippen molar-refractivity contribution in [1.29, 1.82) is 0 Å². The molecule has 5 heteroatoms. The number of benzene rings is 1. The monoisotopic (exact) mass is 233 g/mol. The first-order chi connectivity index (χ1) is 8.24. The molecule has 3 N–H and O–H groups in total. The van der Waals surface area contributed by atoms with Crippen molar-refractivity contribution in [3.05, 3.63) is 42.3 Å². The summed E-state index contributed by atoms with van der Waals surface area (Å²) in [6.45, 7) is 0. The van der Waals surface area contributed by atoms with Crippen molar-refractivity contribution in [2.45, 2.75) is 0 Å². The normalized spacial score (nSPS) is 10.1. The highest BCUT2D eigenvalue weighted by molar-refractivity contribution is 5.65. The predicted octanol–water partition coefficient (Wildman–Crippen LogP) is 2.18. The molecule has 0 radical (unpaired) electrons. The van der Waals surface area contributed by atoms with Crippen LogP contribution in [0.25, 0.3) is 11.3 Å². The molecule has 0 amide bonds. The molecule has 0 spiro atoms. The molecule has 0 bridgehead atoms. The summed E-state index contributed by atoms with van der Waals surface area (Å²) in [5, 5.41) is 0. The lowest BCUT2D eigenvalue weighted by atomic mass is 10.1. The quantitative estimate of drug-likeness (QED) is 0.630. The average molecular weight is 233 g/mol. The summed E-state index contributed by atoms with van der Waals surface area (Å²) < 4.78 is 18.7. The van der Waals surface area contributed by atoms with Crippen LogP contribution >= 0.6 is 0 Å². The number of methoxy groups -OCH3 is 1. The van der Waals surface area contributed by atoms with Crippen LogP contribution in [0.4, 0.5) is 10.1 Å². The summed E-state index contributed by atoms with van der Waals surface area (Å²) in [6.07, 6.45) is 1.56. The molecule has 0 unspecified atom stereocenters. The van der Waals surface area contributed by atoms with Gasteiger partial charge in [-0.2, -0.15) is 0 Å². The highest BCUT2D eigenvalue weighted by Gasteiger charge is 2.08. The largest absolute Gasteiger partial charge is 0.497 e. The molecule has 0 atom stereocenters. The minimum atomic E-state index is -0.383. The average Bonchev–Trinajstić information content (AvgIpc) is 2.38. The number of nitrogens with one attached hydrogen (secondary N) is 1. The number of hydrogen-bond donors (Lipinski definition) is 2. The maximum absolute atomic E-state index is 13.8. The molecule has 17 heavy (non-hydrogen) atoms. The summed E-state index contributed by atoms with van der Waals surface area (Å²) in [6, 6.07) is 7.99. The minimum absolute atomic E-state index is 0.383. The second kappa shape index (κ2) is 4.80. The van der Waals surface area contributed by atoms with Crippen molar-refractivity contribution in [1.82, 2.24) is 4.98 Å². The third-order valence-electron chi connectivity index (χ3n) is 2.38. The minimum Gasteiger partial charge on any atom is -0.497 e. The van der Waals surface area contributed by atoms with E-state index >= 15 is 0 Å². The van der Waals surface area contributed by atoms with Crippen molar-refractivity contribution in [3.8, 4) is 17.0 Å². The topological polar surface area (TPSA) is 60.2 Å². The van der Waals surface area contributed by atoms with Crippen LogP contribution in [0.3, 0.4) is 0 Å². The summed E-state index contributed by atoms with van der Waals surface area (Å²) in [5.41, 5.74) is 4.08. The number of ether oxygens (including phenoxy) is 1. The van der Waals surface area contributed by atoms with Gasteiger partial charge in [-0.25, -0.2) is 4.39 Å². The fourth-order valence-electron chi connectivity index (χ4n) is 1.50. The van der Waals surface area contributed by atoms with Gasteiger partial charge in [-0.15, -0.1) is 0 Å². The van der Waals surface area contributed by atoms with E-state index in [1.807, 2.05) is 0 Å². The van der Waals surface area contributed by atoms with Crippen LogP contribution < -0.4 is 16.0 Å². The van der Waals surface area contributed by atoms with Crippen LogP contribution in [0.2, 0.25) is 0 Å². The molecular weight excluding hydrogens is 221 g/mol. The lowest BCUT2D eigenvalue weighted by Crippen LogP contribution is -2.06. The Bertz CT molecular complexity index is 531. The van der Waals surface area contributed by atoms with Crippen molar-refractivity contribution in [3.63, 3.8) is 0 Å². The van der Waals surface area contributed by atoms with Crippen molar-refractivity contribution in [2.75, 3.05) is 12.5 Å². The van der Waals surface area contributed by atoms with Gasteiger partial charge in [-0.3, -0.25) is 10.8 Å². The number of nitrogen functional groups attached to an aromatic ring is 1. The van der Waals surface area contributed by atoms with Gasteiger partial charge in [0.15, 0.2) is 0 Å². The fourth-order valence-corrected chi connectivity index (χ4v) is 1.50. The van der Waals surface area contributed by atoms with E-state index in [1.165, 1.54) is 13.2 Å². The first-order valence-electron chi connectivity index (χ1n) is 5.01. The number of nitrogens with two attached hydrogens (primary N) is 1. The van der Waals surface area contributed by atoms with Gasteiger partial charge in [-0.05, 0) is 24.3 Å². The zero-order valence-electron chi connectivity index (χ0n) is 9.27. The third-order valence-corrected chi connectivity index (χ3v) is 2.38. The molecule has 4 nitrogen and oxygen atoms in total. The van der Waals surface area contributed by atoms with E-state index in [2.05, 4.69) is 10.4 Å². The first-order valence-corrected chi connectivity index (χ1v) is 5.01. The molecule has 88 valence electrons. The van der Waals surface area contributed by atoms with Crippen LogP contribution in [0.15, 0.2) is 36.5 Å². The Morgan fingerprint density at radius 3 is 2.76 bits per heavy atom. The van der Waals surface area contributed by atoms with Crippen LogP contribution in [-0.2, 0) is 0 Å². The molecule has 1 aromatic carbocycles. The highest BCUT2D eigenvalue weighted by Crippen LogP contribution is 2.25. The van der Waals surface area contributed by atoms with Gasteiger partial charge >= 0.3 is 0 Å². The molecule has 2 aromatic rings. The number of halogens is 1. The van der Waals surface area contributed by atoms with Gasteiger partial charge in [0.05, 0.1) is 18.5 Å². The molecule has 0 aliphatic heterocycles. The predicted molar refractivity (Wildman–Crippen MR) is 64.0 cm³/mol. The van der Waals surface area contributed by atoms with E-state index < -0.39 is 0 Å². The van der Waals surface area contributed by atoms with Crippen molar-refractivity contribution >= 4 is 5.69 Å². The summed E-state index contributed by atoms with van der Waals surface area (Å²) in [5.74, 6) is 5.38. The van der Waals surface area contributed by atoms with Gasteiger partial charge < -0.3 is 10.2 Å². The maximum Gasteiger partial charge on any atom is 0.136 e. The molecular formula is C12H12FN3O. The lowest BCUT2D eigenvalue weighted by molar-refractivity contribution is 0.411. The molecule has 0 aliphatic carbocycles. The van der Waals surface area contributed by atoms with Crippen LogP contribution in [-0.4, -0.2) is 12.1 Å². The second-order valence-corrected chi connectivity index (χ2v) is 3.42. The van der Waals surface area contributed by atoms with E-state index in [1.54, 1.807) is 30.5 Å². The van der Waals surface area contributed by atoms with E-state index in [4.69, 9.17) is 10.6 Å². The molecule has 0 saturated heterocycles. The Kier molecular flexibility index (Phi) is 3.20. The Morgan fingerprint density at radius 2 is 2.12 bits per heavy atom. The van der Waals surface area contributed by atoms with Crippen LogP contribution in [0.1, 0.15) is 0 Å². The number of rotatable bonds is 3. The maximum atomic E-state index is 13.8. The fraction of sp³-hybridized carbons (Fsp3) is 0.0833. The van der Waals surface area contributed by atoms with E-state index in [-0.39, 0.29) is 5.82 Å². The zero-order valence-corrected chi connectivity index (χ0v) is 9.27. The Hall–Kier alpha value is -2.14. The summed E-state index contributed by atoms with van der Waals surface area (Å²) in [4.78, 5) is 4.10. The van der Waals surface area contributed by atoms with Gasteiger partial charge in [0.25, 0.3) is 0 Å². The lowest BCUT2D eigenvalue weighted by Gasteiger charge is -2.06. The first kappa shape index (κ1) is 11.3. The number of pyridine rings is 1.